The molecule has 1 fully saturated rings. The summed E-state index contributed by atoms with van der Waals surface area (Å²) in [5.41, 5.74) is -0.461. The molecule has 7 heteroatoms. The van der Waals surface area contributed by atoms with E-state index in [1.54, 1.807) is 6.07 Å². The molecule has 1 atom stereocenters. The Balaban J connectivity index is 2.04. The first-order chi connectivity index (χ1) is 11.4. The molecule has 1 saturated carbocycles. The Hall–Kier alpha value is -2.15. The van der Waals surface area contributed by atoms with Gasteiger partial charge in [0, 0.05) is 13.3 Å². The summed E-state index contributed by atoms with van der Waals surface area (Å²) in [5.74, 6) is -0.0408. The first kappa shape index (κ1) is 16.7. The van der Waals surface area contributed by atoms with Crippen LogP contribution in [0, 0.1) is 10.1 Å². The van der Waals surface area contributed by atoms with Crippen molar-refractivity contribution in [2.75, 3.05) is 5.32 Å². The van der Waals surface area contributed by atoms with E-state index in [2.05, 4.69) is 5.32 Å². The Morgan fingerprint density at radius 3 is 2.58 bits per heavy atom. The van der Waals surface area contributed by atoms with Crippen molar-refractivity contribution in [2.45, 2.75) is 63.6 Å². The molecule has 0 radical (unpaired) electrons. The van der Waals surface area contributed by atoms with Crippen molar-refractivity contribution in [3.8, 4) is 5.75 Å². The molecule has 0 aromatic heterocycles. The van der Waals surface area contributed by atoms with E-state index < -0.39 is 22.5 Å². The highest BCUT2D eigenvalue weighted by Crippen LogP contribution is 2.50. The lowest BCUT2D eigenvalue weighted by molar-refractivity contribution is -0.385. The van der Waals surface area contributed by atoms with Crippen molar-refractivity contribution < 1.29 is 19.6 Å². The number of aliphatic hydroxyl groups is 1. The Labute approximate surface area is 140 Å². The zero-order chi connectivity index (χ0) is 17.3. The Kier molecular flexibility index (Phi) is 4.45. The van der Waals surface area contributed by atoms with Crippen molar-refractivity contribution in [3.63, 3.8) is 0 Å². The zero-order valence-electron chi connectivity index (χ0n) is 13.7. The van der Waals surface area contributed by atoms with Crippen LogP contribution in [-0.4, -0.2) is 21.5 Å². The lowest BCUT2D eigenvalue weighted by Gasteiger charge is -2.40. The minimum absolute atomic E-state index is 0.0886. The number of amides is 1. The quantitative estimate of drug-likeness (QED) is 0.637. The fourth-order valence-electron chi connectivity index (χ4n) is 3.90. The molecule has 130 valence electrons. The molecule has 7 nitrogen and oxygen atoms in total. The molecule has 1 unspecified atom stereocenters. The van der Waals surface area contributed by atoms with Crippen molar-refractivity contribution in [1.82, 2.24) is 0 Å². The minimum atomic E-state index is -0.971. The largest absolute Gasteiger partial charge is 0.487 e. The van der Waals surface area contributed by atoms with Crippen molar-refractivity contribution in [2.24, 2.45) is 0 Å². The number of rotatable bonds is 2. The normalized spacial score (nSPS) is 22.2. The first-order valence-corrected chi connectivity index (χ1v) is 8.38. The number of nitro benzene ring substituents is 1. The minimum Gasteiger partial charge on any atom is -0.487 e. The van der Waals surface area contributed by atoms with Gasteiger partial charge in [-0.15, -0.1) is 0 Å². The lowest BCUT2D eigenvalue weighted by atomic mass is 9.82. The van der Waals surface area contributed by atoms with Crippen molar-refractivity contribution >= 4 is 17.3 Å². The molecule has 1 heterocycles. The number of anilines is 1. The maximum Gasteiger partial charge on any atom is 0.302 e. The number of nitrogens with one attached hydrogen (secondary N) is 1. The van der Waals surface area contributed by atoms with Gasteiger partial charge in [-0.3, -0.25) is 14.9 Å². The molecule has 1 aromatic rings. The summed E-state index contributed by atoms with van der Waals surface area (Å²) >= 11 is 0. The highest BCUT2D eigenvalue weighted by atomic mass is 16.6. The predicted octanol–water partition coefficient (Wildman–Crippen LogP) is 3.46. The van der Waals surface area contributed by atoms with Gasteiger partial charge in [0.1, 0.15) is 22.6 Å². The van der Waals surface area contributed by atoms with E-state index in [0.717, 1.165) is 38.5 Å². The summed E-state index contributed by atoms with van der Waals surface area (Å²) in [7, 11) is 0. The van der Waals surface area contributed by atoms with Gasteiger partial charge in [0.25, 0.3) is 0 Å². The maximum absolute atomic E-state index is 11.5. The molecule has 2 aliphatic rings. The number of benzene rings is 1. The fraction of sp³-hybridized carbons (Fsp3) is 0.588. The third kappa shape index (κ3) is 3.08. The molecule has 1 spiro atoms. The molecule has 0 bridgehead atoms. The third-order valence-corrected chi connectivity index (χ3v) is 4.91. The van der Waals surface area contributed by atoms with E-state index in [4.69, 9.17) is 4.74 Å². The van der Waals surface area contributed by atoms with Crippen LogP contribution in [0.2, 0.25) is 0 Å². The molecule has 24 heavy (non-hydrogen) atoms. The van der Waals surface area contributed by atoms with E-state index in [1.165, 1.54) is 13.0 Å². The number of fused-ring (bicyclic) bond motifs is 1. The van der Waals surface area contributed by atoms with E-state index in [0.29, 0.717) is 12.2 Å². The van der Waals surface area contributed by atoms with Gasteiger partial charge in [0.2, 0.25) is 5.91 Å². The number of carbonyl (C=O) groups is 1. The van der Waals surface area contributed by atoms with E-state index >= 15 is 0 Å². The average molecular weight is 334 g/mol. The van der Waals surface area contributed by atoms with Crippen LogP contribution in [0.4, 0.5) is 11.4 Å². The second kappa shape index (κ2) is 6.39. The van der Waals surface area contributed by atoms with Crippen LogP contribution in [-0.2, 0) is 4.79 Å². The summed E-state index contributed by atoms with van der Waals surface area (Å²) in [4.78, 5) is 22.3. The smallest absolute Gasteiger partial charge is 0.302 e. The Bertz CT molecular complexity index is 665. The predicted molar refractivity (Wildman–Crippen MR) is 88.0 cm³/mol. The van der Waals surface area contributed by atoms with Gasteiger partial charge in [-0.25, -0.2) is 0 Å². The highest BCUT2D eigenvalue weighted by molar-refractivity contribution is 5.92. The van der Waals surface area contributed by atoms with Gasteiger partial charge in [0.15, 0.2) is 0 Å². The molecule has 1 amide bonds. The first-order valence-electron chi connectivity index (χ1n) is 8.38. The number of ether oxygens (including phenoxy) is 1. The molecule has 3 rings (SSSR count). The molecular formula is C17H22N2O5. The van der Waals surface area contributed by atoms with Crippen molar-refractivity contribution in [3.05, 3.63) is 27.8 Å². The number of hydrogen-bond donors (Lipinski definition) is 2. The molecule has 1 aromatic carbocycles. The van der Waals surface area contributed by atoms with Gasteiger partial charge < -0.3 is 15.2 Å². The second-order valence-electron chi connectivity index (χ2n) is 6.73. The van der Waals surface area contributed by atoms with Gasteiger partial charge >= 0.3 is 5.69 Å². The van der Waals surface area contributed by atoms with Crippen LogP contribution in [0.3, 0.4) is 0 Å². The molecule has 0 saturated heterocycles. The maximum atomic E-state index is 11.5. The number of hydrogen-bond acceptors (Lipinski definition) is 5. The lowest BCUT2D eigenvalue weighted by Crippen LogP contribution is -2.41. The van der Waals surface area contributed by atoms with Gasteiger partial charge in [-0.2, -0.15) is 0 Å². The summed E-state index contributed by atoms with van der Waals surface area (Å²) in [6.07, 6.45) is 5.45. The third-order valence-electron chi connectivity index (χ3n) is 4.91. The van der Waals surface area contributed by atoms with Crippen LogP contribution in [0.1, 0.15) is 63.5 Å². The van der Waals surface area contributed by atoms with E-state index in [9.17, 15) is 20.0 Å². The van der Waals surface area contributed by atoms with Gasteiger partial charge in [-0.05, 0) is 37.8 Å². The number of nitro groups is 1. The molecular weight excluding hydrogens is 312 g/mol. The van der Waals surface area contributed by atoms with Crippen molar-refractivity contribution in [1.29, 1.82) is 0 Å². The summed E-state index contributed by atoms with van der Waals surface area (Å²) in [5, 5.41) is 24.7. The number of carbonyl (C=O) groups excluding carboxylic acids is 1. The highest BCUT2D eigenvalue weighted by Gasteiger charge is 2.44. The average Bonchev–Trinajstić information content (AvgIpc) is 2.72. The van der Waals surface area contributed by atoms with Crippen LogP contribution >= 0.6 is 0 Å². The zero-order valence-corrected chi connectivity index (χ0v) is 13.7. The fourth-order valence-corrected chi connectivity index (χ4v) is 3.90. The van der Waals surface area contributed by atoms with Gasteiger partial charge in [-0.1, -0.05) is 12.8 Å². The second-order valence-corrected chi connectivity index (χ2v) is 6.73. The number of aliphatic hydroxyl groups excluding tert-OH is 1. The van der Waals surface area contributed by atoms with Crippen LogP contribution in [0.25, 0.3) is 0 Å². The van der Waals surface area contributed by atoms with Gasteiger partial charge in [0.05, 0.1) is 11.0 Å². The number of nitrogens with zero attached hydrogens (tertiary/aromatic N) is 1. The molecule has 1 aliphatic carbocycles. The summed E-state index contributed by atoms with van der Waals surface area (Å²) < 4.78 is 6.18. The Morgan fingerprint density at radius 1 is 1.33 bits per heavy atom. The molecule has 2 N–H and O–H groups in total. The summed E-state index contributed by atoms with van der Waals surface area (Å²) in [6.45, 7) is 1.29. The molecule has 1 aliphatic heterocycles. The SMILES string of the molecule is CC(=O)Nc1ccc2c(c1[N+](=O)[O-])C(O)CC1(CCCCCC1)O2. The van der Waals surface area contributed by atoms with Crippen LogP contribution < -0.4 is 10.1 Å². The Morgan fingerprint density at radius 2 is 2.00 bits per heavy atom. The topological polar surface area (TPSA) is 102 Å². The van der Waals surface area contributed by atoms with E-state index in [-0.39, 0.29) is 16.9 Å². The standard InChI is InChI=1S/C17H22N2O5/c1-11(20)18-12-6-7-14-15(16(12)19(22)23)13(21)10-17(24-14)8-4-2-3-5-9-17/h6-7,13,21H,2-5,8-10H2,1H3,(H,18,20). The monoisotopic (exact) mass is 334 g/mol. The summed E-state index contributed by atoms with van der Waals surface area (Å²) in [6, 6.07) is 3.09. The van der Waals surface area contributed by atoms with Crippen LogP contribution in [0.15, 0.2) is 12.1 Å². The van der Waals surface area contributed by atoms with E-state index in [1.807, 2.05) is 0 Å². The van der Waals surface area contributed by atoms with Crippen LogP contribution in [0.5, 0.6) is 5.75 Å².